The zero-order valence-electron chi connectivity index (χ0n) is 12.1. The standard InChI is InChI=1S/C14H25N3OS/c1-4-10-5-7-11(8-6-10)16-14-12(18-9(2)3)13(15)17-19-14/h9-11,16H,4-8H2,1-3H3,(H2,15,17). The van der Waals surface area contributed by atoms with E-state index in [2.05, 4.69) is 16.6 Å². The average Bonchev–Trinajstić information content (AvgIpc) is 2.72. The Bertz CT molecular complexity index is 397. The Morgan fingerprint density at radius 3 is 2.63 bits per heavy atom. The molecule has 0 aliphatic heterocycles. The summed E-state index contributed by atoms with van der Waals surface area (Å²) >= 11 is 1.41. The summed E-state index contributed by atoms with van der Waals surface area (Å²) < 4.78 is 9.96. The molecule has 0 spiro atoms. The molecular formula is C14H25N3OS. The number of nitrogens with zero attached hydrogens (tertiary/aromatic N) is 1. The predicted octanol–water partition coefficient (Wildman–Crippen LogP) is 3.89. The van der Waals surface area contributed by atoms with Gasteiger partial charge in [-0.05, 0) is 57.0 Å². The number of nitrogens with one attached hydrogen (secondary N) is 1. The average molecular weight is 283 g/mol. The predicted molar refractivity (Wildman–Crippen MR) is 82.0 cm³/mol. The van der Waals surface area contributed by atoms with Crippen LogP contribution in [0.25, 0.3) is 0 Å². The van der Waals surface area contributed by atoms with E-state index in [0.29, 0.717) is 11.9 Å². The van der Waals surface area contributed by atoms with Crippen molar-refractivity contribution in [3.8, 4) is 5.75 Å². The first-order valence-corrected chi connectivity index (χ1v) is 8.05. The van der Waals surface area contributed by atoms with Crippen LogP contribution in [0, 0.1) is 5.92 Å². The lowest BCUT2D eigenvalue weighted by Crippen LogP contribution is -2.25. The molecule has 1 aliphatic carbocycles. The molecule has 108 valence electrons. The van der Waals surface area contributed by atoms with Crippen LogP contribution < -0.4 is 15.8 Å². The molecule has 19 heavy (non-hydrogen) atoms. The second-order valence-electron chi connectivity index (χ2n) is 5.66. The van der Waals surface area contributed by atoms with E-state index in [1.165, 1.54) is 43.6 Å². The van der Waals surface area contributed by atoms with Crippen LogP contribution in [0.3, 0.4) is 0 Å². The monoisotopic (exact) mass is 283 g/mol. The Labute approximate surface area is 119 Å². The number of ether oxygens (including phenoxy) is 1. The van der Waals surface area contributed by atoms with Crippen LogP contribution in [-0.4, -0.2) is 16.5 Å². The van der Waals surface area contributed by atoms with Gasteiger partial charge in [0.05, 0.1) is 6.10 Å². The number of nitrogen functional groups attached to an aromatic ring is 1. The molecule has 5 heteroatoms. The van der Waals surface area contributed by atoms with Crippen molar-refractivity contribution in [2.45, 2.75) is 65.0 Å². The molecule has 1 aromatic heterocycles. The molecule has 4 nitrogen and oxygen atoms in total. The third-order valence-corrected chi connectivity index (χ3v) is 4.56. The molecule has 0 atom stereocenters. The maximum Gasteiger partial charge on any atom is 0.197 e. The Morgan fingerprint density at radius 1 is 1.37 bits per heavy atom. The third kappa shape index (κ3) is 3.75. The van der Waals surface area contributed by atoms with Crippen LogP contribution in [0.15, 0.2) is 0 Å². The zero-order chi connectivity index (χ0) is 13.8. The summed E-state index contributed by atoms with van der Waals surface area (Å²) in [5.74, 6) is 2.15. The van der Waals surface area contributed by atoms with Crippen LogP contribution in [0.5, 0.6) is 5.75 Å². The maximum atomic E-state index is 5.87. The normalized spacial score (nSPS) is 23.6. The van der Waals surface area contributed by atoms with E-state index in [1.807, 2.05) is 13.8 Å². The van der Waals surface area contributed by atoms with Crippen molar-refractivity contribution in [1.29, 1.82) is 0 Å². The van der Waals surface area contributed by atoms with Gasteiger partial charge in [0.1, 0.15) is 0 Å². The number of nitrogens with two attached hydrogens (primary N) is 1. The van der Waals surface area contributed by atoms with Gasteiger partial charge in [-0.25, -0.2) is 0 Å². The fourth-order valence-electron chi connectivity index (χ4n) is 2.64. The van der Waals surface area contributed by atoms with Gasteiger partial charge in [-0.2, -0.15) is 4.37 Å². The number of rotatable bonds is 5. The minimum atomic E-state index is 0.120. The first kappa shape index (κ1) is 14.4. The van der Waals surface area contributed by atoms with E-state index in [1.54, 1.807) is 0 Å². The van der Waals surface area contributed by atoms with Crippen LogP contribution in [0.2, 0.25) is 0 Å². The Morgan fingerprint density at radius 2 is 2.05 bits per heavy atom. The minimum absolute atomic E-state index is 0.120. The van der Waals surface area contributed by atoms with E-state index in [-0.39, 0.29) is 6.10 Å². The van der Waals surface area contributed by atoms with Crippen molar-refractivity contribution in [2.75, 3.05) is 11.1 Å². The number of hydrogen-bond donors (Lipinski definition) is 2. The molecule has 0 aromatic carbocycles. The largest absolute Gasteiger partial charge is 0.484 e. The fraction of sp³-hybridized carbons (Fsp3) is 0.786. The highest BCUT2D eigenvalue weighted by atomic mass is 32.1. The molecule has 1 aliphatic rings. The Kier molecular flexibility index (Phi) is 4.91. The lowest BCUT2D eigenvalue weighted by Gasteiger charge is -2.28. The molecule has 0 radical (unpaired) electrons. The minimum Gasteiger partial charge on any atom is -0.484 e. The van der Waals surface area contributed by atoms with E-state index in [4.69, 9.17) is 10.5 Å². The number of anilines is 2. The van der Waals surface area contributed by atoms with Gasteiger partial charge in [-0.15, -0.1) is 0 Å². The van der Waals surface area contributed by atoms with Gasteiger partial charge in [0, 0.05) is 6.04 Å². The zero-order valence-corrected chi connectivity index (χ0v) is 12.9. The van der Waals surface area contributed by atoms with Crippen molar-refractivity contribution in [2.24, 2.45) is 5.92 Å². The summed E-state index contributed by atoms with van der Waals surface area (Å²) in [6, 6.07) is 0.539. The highest BCUT2D eigenvalue weighted by Crippen LogP contribution is 2.38. The first-order chi connectivity index (χ1) is 9.10. The summed E-state index contributed by atoms with van der Waals surface area (Å²) in [7, 11) is 0. The van der Waals surface area contributed by atoms with Gasteiger partial charge in [0.15, 0.2) is 16.6 Å². The molecule has 3 N–H and O–H groups in total. The summed E-state index contributed by atoms with van der Waals surface area (Å²) in [6.07, 6.45) is 6.54. The van der Waals surface area contributed by atoms with Gasteiger partial charge in [-0.1, -0.05) is 13.3 Å². The lowest BCUT2D eigenvalue weighted by atomic mass is 9.84. The lowest BCUT2D eigenvalue weighted by molar-refractivity contribution is 0.245. The van der Waals surface area contributed by atoms with E-state index < -0.39 is 0 Å². The molecule has 0 bridgehead atoms. The molecule has 0 saturated heterocycles. The second-order valence-corrected chi connectivity index (χ2v) is 6.44. The van der Waals surface area contributed by atoms with Crippen molar-refractivity contribution >= 4 is 22.4 Å². The molecule has 1 aromatic rings. The highest BCUT2D eigenvalue weighted by Gasteiger charge is 2.22. The Hall–Kier alpha value is -0.970. The fourth-order valence-corrected chi connectivity index (χ4v) is 3.36. The van der Waals surface area contributed by atoms with Crippen LogP contribution in [-0.2, 0) is 0 Å². The first-order valence-electron chi connectivity index (χ1n) is 7.28. The van der Waals surface area contributed by atoms with E-state index in [9.17, 15) is 0 Å². The van der Waals surface area contributed by atoms with Crippen LogP contribution in [0.4, 0.5) is 10.8 Å². The van der Waals surface area contributed by atoms with Crippen molar-refractivity contribution in [3.63, 3.8) is 0 Å². The molecule has 1 heterocycles. The van der Waals surface area contributed by atoms with Crippen molar-refractivity contribution < 1.29 is 4.74 Å². The van der Waals surface area contributed by atoms with Crippen LogP contribution in [0.1, 0.15) is 52.9 Å². The maximum absolute atomic E-state index is 5.87. The summed E-state index contributed by atoms with van der Waals surface area (Å²) in [4.78, 5) is 0. The third-order valence-electron chi connectivity index (χ3n) is 3.79. The van der Waals surface area contributed by atoms with Gasteiger partial charge in [0.25, 0.3) is 0 Å². The van der Waals surface area contributed by atoms with Gasteiger partial charge < -0.3 is 15.8 Å². The van der Waals surface area contributed by atoms with E-state index >= 15 is 0 Å². The number of aromatic nitrogens is 1. The van der Waals surface area contributed by atoms with Gasteiger partial charge in [0.2, 0.25) is 0 Å². The molecular weight excluding hydrogens is 258 g/mol. The van der Waals surface area contributed by atoms with Crippen molar-refractivity contribution in [3.05, 3.63) is 0 Å². The number of hydrogen-bond acceptors (Lipinski definition) is 5. The SMILES string of the molecule is CCC1CCC(Nc2snc(N)c2OC(C)C)CC1. The summed E-state index contributed by atoms with van der Waals surface area (Å²) in [5.41, 5.74) is 5.87. The summed E-state index contributed by atoms with van der Waals surface area (Å²) in [5, 5.41) is 4.56. The summed E-state index contributed by atoms with van der Waals surface area (Å²) in [6.45, 7) is 6.30. The topological polar surface area (TPSA) is 60.2 Å². The molecule has 2 rings (SSSR count). The molecule has 0 unspecified atom stereocenters. The molecule has 1 fully saturated rings. The van der Waals surface area contributed by atoms with Gasteiger partial charge >= 0.3 is 0 Å². The van der Waals surface area contributed by atoms with Crippen molar-refractivity contribution in [1.82, 2.24) is 4.37 Å². The Balaban J connectivity index is 1.96. The smallest absolute Gasteiger partial charge is 0.197 e. The molecule has 1 saturated carbocycles. The second kappa shape index (κ2) is 6.46. The molecule has 0 amide bonds. The van der Waals surface area contributed by atoms with E-state index in [0.717, 1.165) is 16.7 Å². The van der Waals surface area contributed by atoms with Gasteiger partial charge in [-0.3, -0.25) is 0 Å². The highest BCUT2D eigenvalue weighted by molar-refractivity contribution is 7.11. The van der Waals surface area contributed by atoms with Crippen LogP contribution >= 0.6 is 11.5 Å². The quantitative estimate of drug-likeness (QED) is 0.860.